The zero-order valence-electron chi connectivity index (χ0n) is 12.7. The van der Waals surface area contributed by atoms with Crippen LogP contribution in [0.25, 0.3) is 11.6 Å². The molecule has 1 saturated heterocycles. The average molecular weight is 310 g/mol. The van der Waals surface area contributed by atoms with E-state index >= 15 is 0 Å². The fourth-order valence-electron chi connectivity index (χ4n) is 2.83. The van der Waals surface area contributed by atoms with Gasteiger partial charge in [-0.3, -0.25) is 9.67 Å². The quantitative estimate of drug-likeness (QED) is 0.792. The van der Waals surface area contributed by atoms with Gasteiger partial charge in [-0.1, -0.05) is 11.2 Å². The van der Waals surface area contributed by atoms with Crippen molar-refractivity contribution in [1.82, 2.24) is 30.2 Å². The Hall–Kier alpha value is -2.54. The van der Waals surface area contributed by atoms with Crippen molar-refractivity contribution >= 4 is 0 Å². The minimum Gasteiger partial charge on any atom is -0.332 e. The van der Waals surface area contributed by atoms with Gasteiger partial charge in [0.05, 0.1) is 6.04 Å². The molecule has 1 aliphatic rings. The highest BCUT2D eigenvalue weighted by molar-refractivity contribution is 5.45. The highest BCUT2D eigenvalue weighted by atomic mass is 16.5. The predicted octanol–water partition coefficient (Wildman–Crippen LogP) is 1.84. The van der Waals surface area contributed by atoms with Crippen molar-refractivity contribution < 1.29 is 4.52 Å². The molecule has 0 aliphatic carbocycles. The van der Waals surface area contributed by atoms with Crippen LogP contribution < -0.4 is 5.32 Å². The first-order chi connectivity index (χ1) is 11.4. The number of rotatable bonds is 4. The van der Waals surface area contributed by atoms with E-state index in [1.165, 1.54) is 6.42 Å². The summed E-state index contributed by atoms with van der Waals surface area (Å²) in [6, 6.07) is 6.22. The summed E-state index contributed by atoms with van der Waals surface area (Å²) in [5.41, 5.74) is 1.78. The fourth-order valence-corrected chi connectivity index (χ4v) is 2.83. The average Bonchev–Trinajstić information content (AvgIpc) is 3.26. The molecule has 4 heterocycles. The Morgan fingerprint density at radius 3 is 3.17 bits per heavy atom. The SMILES string of the molecule is c1cncc(Cc2noc(-c3ccn(C4CCCNC4)n3)n2)c1. The second kappa shape index (κ2) is 6.29. The topological polar surface area (TPSA) is 81.7 Å². The molecule has 1 fully saturated rings. The number of pyridine rings is 1. The number of nitrogens with one attached hydrogen (secondary N) is 1. The van der Waals surface area contributed by atoms with Crippen molar-refractivity contribution in [3.8, 4) is 11.6 Å². The predicted molar refractivity (Wildman–Crippen MR) is 83.7 cm³/mol. The Bertz CT molecular complexity index is 760. The van der Waals surface area contributed by atoms with E-state index < -0.39 is 0 Å². The van der Waals surface area contributed by atoms with E-state index in [9.17, 15) is 0 Å². The van der Waals surface area contributed by atoms with Crippen molar-refractivity contribution in [2.45, 2.75) is 25.3 Å². The van der Waals surface area contributed by atoms with E-state index in [0.717, 1.165) is 30.8 Å². The van der Waals surface area contributed by atoms with E-state index in [1.807, 2.05) is 29.1 Å². The van der Waals surface area contributed by atoms with Gasteiger partial charge in [-0.2, -0.15) is 10.1 Å². The lowest BCUT2D eigenvalue weighted by atomic mass is 10.1. The van der Waals surface area contributed by atoms with E-state index in [0.29, 0.717) is 24.2 Å². The largest absolute Gasteiger partial charge is 0.332 e. The summed E-state index contributed by atoms with van der Waals surface area (Å²) in [7, 11) is 0. The molecule has 7 heteroatoms. The van der Waals surface area contributed by atoms with Gasteiger partial charge in [0.15, 0.2) is 11.5 Å². The lowest BCUT2D eigenvalue weighted by Crippen LogP contribution is -2.31. The van der Waals surface area contributed by atoms with E-state index in [1.54, 1.807) is 12.4 Å². The van der Waals surface area contributed by atoms with E-state index in [-0.39, 0.29) is 0 Å². The van der Waals surface area contributed by atoms with Crippen LogP contribution in [0.15, 0.2) is 41.3 Å². The van der Waals surface area contributed by atoms with Gasteiger partial charge in [0, 0.05) is 31.6 Å². The van der Waals surface area contributed by atoms with Gasteiger partial charge in [-0.15, -0.1) is 0 Å². The molecular formula is C16H18N6O. The third-order valence-corrected chi connectivity index (χ3v) is 4.03. The molecule has 0 amide bonds. The molecule has 0 radical (unpaired) electrons. The summed E-state index contributed by atoms with van der Waals surface area (Å²) in [6.45, 7) is 2.04. The molecule has 1 atom stereocenters. The van der Waals surface area contributed by atoms with Gasteiger partial charge in [-0.05, 0) is 37.1 Å². The molecule has 1 N–H and O–H groups in total. The first-order valence-electron chi connectivity index (χ1n) is 7.86. The van der Waals surface area contributed by atoms with Crippen molar-refractivity contribution in [3.63, 3.8) is 0 Å². The number of hydrogen-bond acceptors (Lipinski definition) is 6. The van der Waals surface area contributed by atoms with Gasteiger partial charge in [0.25, 0.3) is 5.89 Å². The van der Waals surface area contributed by atoms with Crippen LogP contribution in [0.5, 0.6) is 0 Å². The van der Waals surface area contributed by atoms with Crippen LogP contribution in [0.3, 0.4) is 0 Å². The first-order valence-corrected chi connectivity index (χ1v) is 7.86. The maximum Gasteiger partial charge on any atom is 0.278 e. The minimum absolute atomic E-state index is 0.398. The lowest BCUT2D eigenvalue weighted by Gasteiger charge is -2.22. The Labute approximate surface area is 133 Å². The standard InChI is InChI=1S/C16H18N6O/c1-3-12(10-17-6-1)9-15-19-16(23-21-15)14-5-8-22(20-14)13-4-2-7-18-11-13/h1,3,5-6,8,10,13,18H,2,4,7,9,11H2. The third-order valence-electron chi connectivity index (χ3n) is 4.03. The number of piperidine rings is 1. The lowest BCUT2D eigenvalue weighted by molar-refractivity contribution is 0.346. The van der Waals surface area contributed by atoms with Crippen LogP contribution in [0.2, 0.25) is 0 Å². The summed E-state index contributed by atoms with van der Waals surface area (Å²) in [5.74, 6) is 1.10. The number of aromatic nitrogens is 5. The molecule has 7 nitrogen and oxygen atoms in total. The van der Waals surface area contributed by atoms with Crippen LogP contribution in [-0.4, -0.2) is 38.0 Å². The van der Waals surface area contributed by atoms with Crippen LogP contribution in [0, 0.1) is 0 Å². The Morgan fingerprint density at radius 2 is 2.35 bits per heavy atom. The molecule has 4 rings (SSSR count). The van der Waals surface area contributed by atoms with Crippen molar-refractivity contribution in [3.05, 3.63) is 48.2 Å². The van der Waals surface area contributed by atoms with Crippen LogP contribution in [-0.2, 0) is 6.42 Å². The van der Waals surface area contributed by atoms with Gasteiger partial charge in [-0.25, -0.2) is 0 Å². The summed E-state index contributed by atoms with van der Waals surface area (Å²) >= 11 is 0. The number of hydrogen-bond donors (Lipinski definition) is 1. The summed E-state index contributed by atoms with van der Waals surface area (Å²) in [6.07, 6.45) is 8.46. The molecule has 0 aromatic carbocycles. The minimum atomic E-state index is 0.398. The molecule has 0 saturated carbocycles. The molecule has 3 aromatic rings. The van der Waals surface area contributed by atoms with Gasteiger partial charge >= 0.3 is 0 Å². The van der Waals surface area contributed by atoms with Crippen molar-refractivity contribution in [2.75, 3.05) is 13.1 Å². The van der Waals surface area contributed by atoms with Gasteiger partial charge < -0.3 is 9.84 Å². The number of nitrogens with zero attached hydrogens (tertiary/aromatic N) is 5. The van der Waals surface area contributed by atoms with Crippen LogP contribution in [0.1, 0.15) is 30.3 Å². The second-order valence-corrected chi connectivity index (χ2v) is 5.73. The molecule has 118 valence electrons. The maximum absolute atomic E-state index is 5.35. The molecule has 0 bridgehead atoms. The van der Waals surface area contributed by atoms with Crippen molar-refractivity contribution in [1.29, 1.82) is 0 Å². The summed E-state index contributed by atoms with van der Waals surface area (Å²) < 4.78 is 7.34. The fraction of sp³-hybridized carbons (Fsp3) is 0.375. The van der Waals surface area contributed by atoms with E-state index in [2.05, 4.69) is 25.5 Å². The maximum atomic E-state index is 5.35. The third kappa shape index (κ3) is 3.14. The molecular weight excluding hydrogens is 292 g/mol. The molecule has 3 aromatic heterocycles. The van der Waals surface area contributed by atoms with Gasteiger partial charge in [0.1, 0.15) is 0 Å². The molecule has 1 unspecified atom stereocenters. The van der Waals surface area contributed by atoms with Crippen molar-refractivity contribution in [2.24, 2.45) is 0 Å². The first kappa shape index (κ1) is 14.1. The zero-order valence-corrected chi connectivity index (χ0v) is 12.7. The second-order valence-electron chi connectivity index (χ2n) is 5.73. The summed E-state index contributed by atoms with van der Waals surface area (Å²) in [5, 5.41) is 12.0. The van der Waals surface area contributed by atoms with Gasteiger partial charge in [0.2, 0.25) is 0 Å². The van der Waals surface area contributed by atoms with Crippen LogP contribution >= 0.6 is 0 Å². The Balaban J connectivity index is 1.49. The van der Waals surface area contributed by atoms with E-state index in [4.69, 9.17) is 4.52 Å². The molecule has 1 aliphatic heterocycles. The highest BCUT2D eigenvalue weighted by Crippen LogP contribution is 2.20. The highest BCUT2D eigenvalue weighted by Gasteiger charge is 2.18. The Morgan fingerprint density at radius 1 is 1.35 bits per heavy atom. The Kier molecular flexibility index (Phi) is 3.85. The zero-order chi connectivity index (χ0) is 15.5. The monoisotopic (exact) mass is 310 g/mol. The summed E-state index contributed by atoms with van der Waals surface area (Å²) in [4.78, 5) is 8.53. The normalized spacial score (nSPS) is 18.2. The van der Waals surface area contributed by atoms with Crippen LogP contribution in [0.4, 0.5) is 0 Å². The molecule has 0 spiro atoms. The molecule has 23 heavy (non-hydrogen) atoms. The smallest absolute Gasteiger partial charge is 0.278 e.